The number of nitrogens with two attached hydrogens (primary N) is 1. The molecule has 0 fully saturated rings. The van der Waals surface area contributed by atoms with E-state index in [1.54, 1.807) is 30.7 Å². The first-order valence-electron chi connectivity index (χ1n) is 9.46. The fraction of sp³-hybridized carbons (Fsp3) is 0.318. The number of benzene rings is 2. The summed E-state index contributed by atoms with van der Waals surface area (Å²) in [5.41, 5.74) is 7.67. The summed E-state index contributed by atoms with van der Waals surface area (Å²) in [6.07, 6.45) is 8.59. The highest BCUT2D eigenvalue weighted by Crippen LogP contribution is 2.15. The van der Waals surface area contributed by atoms with Crippen molar-refractivity contribution in [1.29, 1.82) is 0 Å². The van der Waals surface area contributed by atoms with Crippen LogP contribution in [0.15, 0.2) is 61.2 Å². The molecule has 0 radical (unpaired) electrons. The number of hydrogen-bond acceptors (Lipinski definition) is 3. The molecule has 2 aromatic carbocycles. The van der Waals surface area contributed by atoms with Crippen LogP contribution in [0.5, 0.6) is 0 Å². The Balaban J connectivity index is 1.49. The summed E-state index contributed by atoms with van der Waals surface area (Å²) in [7, 11) is 0. The van der Waals surface area contributed by atoms with Gasteiger partial charge in [-0.15, -0.1) is 0 Å². The lowest BCUT2D eigenvalue weighted by Crippen LogP contribution is -2.21. The first-order valence-corrected chi connectivity index (χ1v) is 9.46. The molecule has 1 atom stereocenters. The molecular formula is C22H25F2N3O. The maximum atomic E-state index is 13.5. The maximum Gasteiger partial charge on any atom is 0.146 e. The first kappa shape index (κ1) is 20.0. The van der Waals surface area contributed by atoms with Crippen molar-refractivity contribution in [3.63, 3.8) is 0 Å². The lowest BCUT2D eigenvalue weighted by atomic mass is 10.1. The zero-order valence-electron chi connectivity index (χ0n) is 15.7. The number of aromatic nitrogens is 2. The van der Waals surface area contributed by atoms with Gasteiger partial charge in [-0.2, -0.15) is 0 Å². The fourth-order valence-corrected chi connectivity index (χ4v) is 3.09. The Labute approximate surface area is 164 Å². The van der Waals surface area contributed by atoms with Gasteiger partial charge in [0, 0.05) is 25.5 Å². The van der Waals surface area contributed by atoms with Crippen LogP contribution >= 0.6 is 0 Å². The van der Waals surface area contributed by atoms with Crippen LogP contribution in [0.3, 0.4) is 0 Å². The zero-order valence-corrected chi connectivity index (χ0v) is 15.7. The van der Waals surface area contributed by atoms with E-state index in [4.69, 9.17) is 10.5 Å². The summed E-state index contributed by atoms with van der Waals surface area (Å²) in [5.74, 6) is -0.607. The van der Waals surface area contributed by atoms with E-state index in [2.05, 4.69) is 4.98 Å². The van der Waals surface area contributed by atoms with E-state index in [1.807, 2.05) is 16.8 Å². The molecule has 1 heterocycles. The van der Waals surface area contributed by atoms with E-state index < -0.39 is 0 Å². The smallest absolute Gasteiger partial charge is 0.146 e. The van der Waals surface area contributed by atoms with Gasteiger partial charge < -0.3 is 15.0 Å². The SMILES string of the molecule is Nc1ccc(CCCOC(CCc2ccc(F)cc2)Cn2ccnc2)cc1F. The van der Waals surface area contributed by atoms with E-state index >= 15 is 0 Å². The molecule has 0 aliphatic rings. The standard InChI is InChI=1S/C22H25F2N3O/c23-19-7-3-17(4-8-19)5-9-20(15-27-12-11-26-16-27)28-13-1-2-18-6-10-22(25)21(24)14-18/h3-4,6-8,10-12,14,16,20H,1-2,5,9,13,15,25H2. The minimum absolute atomic E-state index is 0.0161. The number of ether oxygens (including phenoxy) is 1. The summed E-state index contributed by atoms with van der Waals surface area (Å²) >= 11 is 0. The Morgan fingerprint density at radius 1 is 1.04 bits per heavy atom. The van der Waals surface area contributed by atoms with Crippen LogP contribution in [0.25, 0.3) is 0 Å². The molecule has 3 rings (SSSR count). The Bertz CT molecular complexity index is 851. The molecule has 0 amide bonds. The van der Waals surface area contributed by atoms with Gasteiger partial charge in [-0.05, 0) is 61.1 Å². The molecule has 0 spiro atoms. The number of aryl methyl sites for hydroxylation is 2. The first-order chi connectivity index (χ1) is 13.6. The molecular weight excluding hydrogens is 360 g/mol. The summed E-state index contributed by atoms with van der Waals surface area (Å²) < 4.78 is 34.7. The summed E-state index contributed by atoms with van der Waals surface area (Å²) in [6, 6.07) is 11.5. The summed E-state index contributed by atoms with van der Waals surface area (Å²) in [4.78, 5) is 4.07. The number of anilines is 1. The normalized spacial score (nSPS) is 12.2. The number of nitrogens with zero attached hydrogens (tertiary/aromatic N) is 2. The van der Waals surface area contributed by atoms with E-state index in [9.17, 15) is 8.78 Å². The van der Waals surface area contributed by atoms with Crippen molar-refractivity contribution in [1.82, 2.24) is 9.55 Å². The fourth-order valence-electron chi connectivity index (χ4n) is 3.09. The molecule has 4 nitrogen and oxygen atoms in total. The van der Waals surface area contributed by atoms with E-state index in [0.29, 0.717) is 13.2 Å². The van der Waals surface area contributed by atoms with E-state index in [-0.39, 0.29) is 23.4 Å². The van der Waals surface area contributed by atoms with Crippen molar-refractivity contribution in [2.24, 2.45) is 0 Å². The largest absolute Gasteiger partial charge is 0.396 e. The maximum absolute atomic E-state index is 13.5. The Kier molecular flexibility index (Phi) is 7.14. The Hall–Kier alpha value is -2.73. The molecule has 0 aliphatic heterocycles. The van der Waals surface area contributed by atoms with Gasteiger partial charge in [0.05, 0.1) is 18.1 Å². The van der Waals surface area contributed by atoms with E-state index in [1.165, 1.54) is 18.2 Å². The molecule has 28 heavy (non-hydrogen) atoms. The highest BCUT2D eigenvalue weighted by atomic mass is 19.1. The minimum Gasteiger partial charge on any atom is -0.396 e. The van der Waals surface area contributed by atoms with E-state index in [0.717, 1.165) is 36.8 Å². The molecule has 148 valence electrons. The third-order valence-electron chi connectivity index (χ3n) is 4.67. The van der Waals surface area contributed by atoms with Crippen LogP contribution in [-0.4, -0.2) is 22.3 Å². The quantitative estimate of drug-likeness (QED) is 0.416. The van der Waals surface area contributed by atoms with Crippen LogP contribution in [-0.2, 0) is 24.1 Å². The van der Waals surface area contributed by atoms with Crippen molar-refractivity contribution in [3.05, 3.63) is 83.9 Å². The molecule has 0 saturated carbocycles. The van der Waals surface area contributed by atoms with Gasteiger partial charge >= 0.3 is 0 Å². The lowest BCUT2D eigenvalue weighted by Gasteiger charge is -2.19. The van der Waals surface area contributed by atoms with Crippen molar-refractivity contribution in [3.8, 4) is 0 Å². The number of halogens is 2. The second kappa shape index (κ2) is 9.99. The zero-order chi connectivity index (χ0) is 19.8. The summed E-state index contributed by atoms with van der Waals surface area (Å²) in [5, 5.41) is 0. The number of nitrogen functional groups attached to an aromatic ring is 1. The van der Waals surface area contributed by atoms with Gasteiger partial charge in [0.1, 0.15) is 11.6 Å². The molecule has 0 saturated heterocycles. The van der Waals surface area contributed by atoms with Gasteiger partial charge in [0.25, 0.3) is 0 Å². The Morgan fingerprint density at radius 2 is 1.82 bits per heavy atom. The third kappa shape index (κ3) is 6.16. The molecule has 0 aliphatic carbocycles. The lowest BCUT2D eigenvalue weighted by molar-refractivity contribution is 0.0346. The van der Waals surface area contributed by atoms with Crippen molar-refractivity contribution in [2.45, 2.75) is 38.3 Å². The van der Waals surface area contributed by atoms with Crippen LogP contribution in [0.1, 0.15) is 24.0 Å². The topological polar surface area (TPSA) is 53.1 Å². The number of imidazole rings is 1. The van der Waals surface area contributed by atoms with Crippen molar-refractivity contribution < 1.29 is 13.5 Å². The predicted octanol–water partition coefficient (Wildman–Crippen LogP) is 4.39. The van der Waals surface area contributed by atoms with Crippen molar-refractivity contribution in [2.75, 3.05) is 12.3 Å². The van der Waals surface area contributed by atoms with Gasteiger partial charge in [0.15, 0.2) is 0 Å². The number of rotatable bonds is 10. The van der Waals surface area contributed by atoms with Crippen LogP contribution in [0.2, 0.25) is 0 Å². The molecule has 2 N–H and O–H groups in total. The van der Waals surface area contributed by atoms with Gasteiger partial charge in [-0.1, -0.05) is 18.2 Å². The predicted molar refractivity (Wildman–Crippen MR) is 106 cm³/mol. The highest BCUT2D eigenvalue weighted by Gasteiger charge is 2.11. The molecule has 1 unspecified atom stereocenters. The monoisotopic (exact) mass is 385 g/mol. The molecule has 3 aromatic rings. The Morgan fingerprint density at radius 3 is 2.54 bits per heavy atom. The second-order valence-corrected chi connectivity index (χ2v) is 6.88. The molecule has 0 bridgehead atoms. The van der Waals surface area contributed by atoms with Gasteiger partial charge in [0.2, 0.25) is 0 Å². The average molecular weight is 385 g/mol. The number of hydrogen-bond donors (Lipinski definition) is 1. The van der Waals surface area contributed by atoms with Crippen molar-refractivity contribution >= 4 is 5.69 Å². The highest BCUT2D eigenvalue weighted by molar-refractivity contribution is 5.41. The van der Waals surface area contributed by atoms with Crippen LogP contribution < -0.4 is 5.73 Å². The van der Waals surface area contributed by atoms with Crippen LogP contribution in [0, 0.1) is 11.6 Å². The molecule has 6 heteroatoms. The molecule has 1 aromatic heterocycles. The minimum atomic E-state index is -0.379. The third-order valence-corrected chi connectivity index (χ3v) is 4.67. The summed E-state index contributed by atoms with van der Waals surface area (Å²) in [6.45, 7) is 1.28. The van der Waals surface area contributed by atoms with Crippen LogP contribution in [0.4, 0.5) is 14.5 Å². The van der Waals surface area contributed by atoms with Gasteiger partial charge in [-0.3, -0.25) is 0 Å². The second-order valence-electron chi connectivity index (χ2n) is 6.88. The average Bonchev–Trinajstić information content (AvgIpc) is 3.20. The van der Waals surface area contributed by atoms with Gasteiger partial charge in [-0.25, -0.2) is 13.8 Å².